The van der Waals surface area contributed by atoms with Crippen LogP contribution in [-0.4, -0.2) is 0 Å². The molecule has 0 heteroatoms. The summed E-state index contributed by atoms with van der Waals surface area (Å²) < 4.78 is 0. The standard InChI is InChI=1S/C13H28/c1-6-13(9-7-11(2)3)10-8-12(4)5/h11-13H,6-10H2,1-5H3. The van der Waals surface area contributed by atoms with E-state index in [1.54, 1.807) is 0 Å². The van der Waals surface area contributed by atoms with Crippen molar-refractivity contribution >= 4 is 0 Å². The highest BCUT2D eigenvalue weighted by Crippen LogP contribution is 2.22. The van der Waals surface area contributed by atoms with Crippen molar-refractivity contribution in [3.8, 4) is 0 Å². The molecule has 0 bridgehead atoms. The van der Waals surface area contributed by atoms with Gasteiger partial charge >= 0.3 is 0 Å². The fourth-order valence-electron chi connectivity index (χ4n) is 1.69. The predicted molar refractivity (Wildman–Crippen MR) is 61.9 cm³/mol. The van der Waals surface area contributed by atoms with Crippen molar-refractivity contribution in [1.82, 2.24) is 0 Å². The van der Waals surface area contributed by atoms with E-state index in [0.29, 0.717) is 0 Å². The van der Waals surface area contributed by atoms with E-state index in [4.69, 9.17) is 0 Å². The van der Waals surface area contributed by atoms with Crippen LogP contribution in [0.15, 0.2) is 0 Å². The summed E-state index contributed by atoms with van der Waals surface area (Å²) in [4.78, 5) is 0. The lowest BCUT2D eigenvalue weighted by atomic mass is 9.90. The van der Waals surface area contributed by atoms with Crippen molar-refractivity contribution in [3.05, 3.63) is 0 Å². The van der Waals surface area contributed by atoms with E-state index in [0.717, 1.165) is 17.8 Å². The van der Waals surface area contributed by atoms with Crippen LogP contribution in [0.3, 0.4) is 0 Å². The van der Waals surface area contributed by atoms with Crippen LogP contribution in [0.4, 0.5) is 0 Å². The van der Waals surface area contributed by atoms with E-state index in [9.17, 15) is 0 Å². The zero-order chi connectivity index (χ0) is 10.3. The Kier molecular flexibility index (Phi) is 7.41. The monoisotopic (exact) mass is 184 g/mol. The zero-order valence-electron chi connectivity index (χ0n) is 10.3. The second kappa shape index (κ2) is 7.41. The maximum atomic E-state index is 2.34. The Morgan fingerprint density at radius 2 is 1.08 bits per heavy atom. The molecule has 0 aliphatic heterocycles. The fraction of sp³-hybridized carbons (Fsp3) is 1.00. The lowest BCUT2D eigenvalue weighted by molar-refractivity contribution is 0.361. The van der Waals surface area contributed by atoms with Gasteiger partial charge in [-0.3, -0.25) is 0 Å². The fourth-order valence-corrected chi connectivity index (χ4v) is 1.69. The molecule has 0 atom stereocenters. The van der Waals surface area contributed by atoms with E-state index in [1.807, 2.05) is 0 Å². The van der Waals surface area contributed by atoms with Gasteiger partial charge in [0.25, 0.3) is 0 Å². The molecule has 0 aromatic carbocycles. The first-order valence-electron chi connectivity index (χ1n) is 6.06. The molecule has 0 radical (unpaired) electrons. The van der Waals surface area contributed by atoms with Gasteiger partial charge in [-0.2, -0.15) is 0 Å². The molecule has 0 aromatic rings. The smallest absolute Gasteiger partial charge is 0.0417 e. The quantitative estimate of drug-likeness (QED) is 0.528. The summed E-state index contributed by atoms with van der Waals surface area (Å²) in [5.74, 6) is 2.76. The molecule has 0 unspecified atom stereocenters. The second-order valence-electron chi connectivity index (χ2n) is 5.22. The average molecular weight is 184 g/mol. The molecule has 0 nitrogen and oxygen atoms in total. The highest BCUT2D eigenvalue weighted by atomic mass is 14.1. The Morgan fingerprint density at radius 1 is 0.692 bits per heavy atom. The van der Waals surface area contributed by atoms with E-state index in [2.05, 4.69) is 34.6 Å². The topological polar surface area (TPSA) is 0 Å². The summed E-state index contributed by atoms with van der Waals surface area (Å²) >= 11 is 0. The molecular weight excluding hydrogens is 156 g/mol. The Balaban J connectivity index is 3.51. The van der Waals surface area contributed by atoms with Crippen LogP contribution in [0, 0.1) is 17.8 Å². The molecule has 0 spiro atoms. The molecule has 0 amide bonds. The van der Waals surface area contributed by atoms with E-state index < -0.39 is 0 Å². The SMILES string of the molecule is CCC(CCC(C)C)CCC(C)C. The highest BCUT2D eigenvalue weighted by Gasteiger charge is 2.08. The molecule has 0 aliphatic rings. The summed E-state index contributed by atoms with van der Waals surface area (Å²) in [5, 5.41) is 0. The first-order chi connectivity index (χ1) is 6.06. The molecule has 80 valence electrons. The van der Waals surface area contributed by atoms with Crippen LogP contribution in [0.2, 0.25) is 0 Å². The van der Waals surface area contributed by atoms with Gasteiger partial charge in [-0.25, -0.2) is 0 Å². The van der Waals surface area contributed by atoms with Crippen molar-refractivity contribution in [2.75, 3.05) is 0 Å². The number of hydrogen-bond donors (Lipinski definition) is 0. The van der Waals surface area contributed by atoms with Crippen LogP contribution in [0.1, 0.15) is 66.7 Å². The van der Waals surface area contributed by atoms with Gasteiger partial charge < -0.3 is 0 Å². The molecule has 0 aliphatic carbocycles. The minimum Gasteiger partial charge on any atom is -0.0651 e. The third-order valence-electron chi connectivity index (χ3n) is 2.88. The minimum atomic E-state index is 0.882. The van der Waals surface area contributed by atoms with Crippen molar-refractivity contribution in [1.29, 1.82) is 0 Å². The maximum absolute atomic E-state index is 2.34. The average Bonchev–Trinajstić information content (AvgIpc) is 2.04. The zero-order valence-corrected chi connectivity index (χ0v) is 10.3. The van der Waals surface area contributed by atoms with Gasteiger partial charge in [0.15, 0.2) is 0 Å². The minimum absolute atomic E-state index is 0.882. The van der Waals surface area contributed by atoms with Crippen molar-refractivity contribution in [2.45, 2.75) is 66.7 Å². The summed E-state index contributed by atoms with van der Waals surface area (Å²) in [7, 11) is 0. The van der Waals surface area contributed by atoms with Crippen molar-refractivity contribution in [3.63, 3.8) is 0 Å². The normalized spacial score (nSPS) is 12.0. The highest BCUT2D eigenvalue weighted by molar-refractivity contribution is 4.60. The van der Waals surface area contributed by atoms with Crippen molar-refractivity contribution in [2.24, 2.45) is 17.8 Å². The van der Waals surface area contributed by atoms with Gasteiger partial charge in [-0.1, -0.05) is 66.7 Å². The number of rotatable bonds is 7. The van der Waals surface area contributed by atoms with Crippen LogP contribution >= 0.6 is 0 Å². The third kappa shape index (κ3) is 8.33. The molecule has 0 heterocycles. The number of hydrogen-bond acceptors (Lipinski definition) is 0. The van der Waals surface area contributed by atoms with Crippen LogP contribution < -0.4 is 0 Å². The summed E-state index contributed by atoms with van der Waals surface area (Å²) in [5.41, 5.74) is 0. The van der Waals surface area contributed by atoms with E-state index in [1.165, 1.54) is 32.1 Å². The Bertz CT molecular complexity index is 90.6. The van der Waals surface area contributed by atoms with Crippen LogP contribution in [0.5, 0.6) is 0 Å². The van der Waals surface area contributed by atoms with Gasteiger partial charge in [0.2, 0.25) is 0 Å². The molecule has 0 aromatic heterocycles. The summed E-state index contributed by atoms with van der Waals surface area (Å²) in [6, 6.07) is 0. The van der Waals surface area contributed by atoms with Gasteiger partial charge in [0.1, 0.15) is 0 Å². The maximum Gasteiger partial charge on any atom is -0.0417 e. The van der Waals surface area contributed by atoms with Gasteiger partial charge in [0.05, 0.1) is 0 Å². The molecule has 0 saturated heterocycles. The molecular formula is C13H28. The first-order valence-corrected chi connectivity index (χ1v) is 6.06. The second-order valence-corrected chi connectivity index (χ2v) is 5.22. The Morgan fingerprint density at radius 3 is 1.31 bits per heavy atom. The molecule has 0 fully saturated rings. The third-order valence-corrected chi connectivity index (χ3v) is 2.88. The Labute approximate surface area is 85.1 Å². The van der Waals surface area contributed by atoms with Gasteiger partial charge in [-0.15, -0.1) is 0 Å². The van der Waals surface area contributed by atoms with Gasteiger partial charge in [0, 0.05) is 0 Å². The first kappa shape index (κ1) is 13.0. The van der Waals surface area contributed by atoms with Crippen molar-refractivity contribution < 1.29 is 0 Å². The summed E-state index contributed by atoms with van der Waals surface area (Å²) in [6.07, 6.45) is 7.09. The molecule has 0 saturated carbocycles. The largest absolute Gasteiger partial charge is 0.0651 e. The summed E-state index contributed by atoms with van der Waals surface area (Å²) in [6.45, 7) is 11.7. The molecule has 13 heavy (non-hydrogen) atoms. The Hall–Kier alpha value is 0. The lowest BCUT2D eigenvalue weighted by Gasteiger charge is -2.16. The molecule has 0 N–H and O–H groups in total. The van der Waals surface area contributed by atoms with E-state index in [-0.39, 0.29) is 0 Å². The van der Waals surface area contributed by atoms with Crippen LogP contribution in [0.25, 0.3) is 0 Å². The van der Waals surface area contributed by atoms with Gasteiger partial charge in [-0.05, 0) is 17.8 Å². The predicted octanol–water partition coefficient (Wildman–Crippen LogP) is 4.89. The molecule has 0 rings (SSSR count). The van der Waals surface area contributed by atoms with E-state index >= 15 is 0 Å². The lowest BCUT2D eigenvalue weighted by Crippen LogP contribution is -2.03. The van der Waals surface area contributed by atoms with Crippen LogP contribution in [-0.2, 0) is 0 Å².